The van der Waals surface area contributed by atoms with Crippen LogP contribution in [0, 0.1) is 11.3 Å². The molecule has 0 aliphatic heterocycles. The molecule has 0 aromatic carbocycles. The van der Waals surface area contributed by atoms with E-state index < -0.39 is 18.5 Å². The van der Waals surface area contributed by atoms with Gasteiger partial charge in [0.05, 0.1) is 6.07 Å². The number of nitriles is 1. The van der Waals surface area contributed by atoms with Crippen LogP contribution in [0.2, 0.25) is 0 Å². The average Bonchev–Trinajstić information content (AvgIpc) is 1.84. The minimum atomic E-state index is -4.50. The maximum Gasteiger partial charge on any atom is 0.397 e. The van der Waals surface area contributed by atoms with Crippen LogP contribution < -0.4 is 0 Å². The van der Waals surface area contributed by atoms with Crippen LogP contribution in [0.25, 0.3) is 0 Å². The molecule has 0 fully saturated rings. The van der Waals surface area contributed by atoms with Gasteiger partial charge in [-0.1, -0.05) is 0 Å². The van der Waals surface area contributed by atoms with E-state index in [1.165, 1.54) is 0 Å². The number of hydrogen-bond acceptors (Lipinski definition) is 2. The number of hydrogen-bond donors (Lipinski definition) is 0. The van der Waals surface area contributed by atoms with E-state index in [9.17, 15) is 18.0 Å². The first-order valence-corrected chi connectivity index (χ1v) is 3.04. The van der Waals surface area contributed by atoms with Gasteiger partial charge in [0, 0.05) is 7.05 Å². The second-order valence-corrected chi connectivity index (χ2v) is 2.20. The summed E-state index contributed by atoms with van der Waals surface area (Å²) < 4.78 is 34.7. The molecule has 0 atom stereocenters. The second-order valence-electron chi connectivity index (χ2n) is 2.20. The van der Waals surface area contributed by atoms with E-state index >= 15 is 0 Å². The van der Waals surface area contributed by atoms with Crippen LogP contribution >= 0.6 is 0 Å². The van der Waals surface area contributed by atoms with Crippen molar-refractivity contribution in [3.63, 3.8) is 0 Å². The van der Waals surface area contributed by atoms with Crippen LogP contribution in [0.3, 0.4) is 0 Å². The summed E-state index contributed by atoms with van der Waals surface area (Å²) in [5, 5.41) is 8.06. The lowest BCUT2D eigenvalue weighted by Crippen LogP contribution is -2.31. The molecule has 68 valence electrons. The Morgan fingerprint density at radius 1 is 1.58 bits per heavy atom. The number of rotatable bonds is 2. The zero-order chi connectivity index (χ0) is 9.78. The van der Waals surface area contributed by atoms with E-state index in [0.29, 0.717) is 0 Å². The number of carbonyl (C=O) groups excluding carboxylic acids is 1. The number of alkyl halides is 3. The number of carbonyl (C=O) groups is 1. The molecule has 0 rings (SSSR count). The van der Waals surface area contributed by atoms with Gasteiger partial charge in [0.2, 0.25) is 5.91 Å². The normalized spacial score (nSPS) is 10.6. The van der Waals surface area contributed by atoms with Crippen molar-refractivity contribution in [2.45, 2.75) is 12.6 Å². The maximum atomic E-state index is 11.6. The maximum absolute atomic E-state index is 11.6. The van der Waals surface area contributed by atoms with E-state index in [4.69, 9.17) is 5.26 Å². The lowest BCUT2D eigenvalue weighted by molar-refractivity contribution is -0.160. The van der Waals surface area contributed by atoms with Gasteiger partial charge < -0.3 is 4.90 Å². The van der Waals surface area contributed by atoms with Crippen molar-refractivity contribution in [2.24, 2.45) is 0 Å². The van der Waals surface area contributed by atoms with Gasteiger partial charge in [0.1, 0.15) is 13.0 Å². The molecular formula is C6H7F3N2O. The molecule has 12 heavy (non-hydrogen) atoms. The molecule has 0 bridgehead atoms. The molecule has 0 aromatic rings. The third kappa shape index (κ3) is 4.55. The standard InChI is InChI=1S/C6H7F3N2O/c1-11(3-2-10)5(12)4-6(7,8)9/h3-4H2,1H3. The number of nitrogens with zero attached hydrogens (tertiary/aromatic N) is 2. The predicted molar refractivity (Wildman–Crippen MR) is 33.9 cm³/mol. The van der Waals surface area contributed by atoms with E-state index in [0.717, 1.165) is 11.9 Å². The molecule has 1 amide bonds. The predicted octanol–water partition coefficient (Wildman–Crippen LogP) is 0.921. The fourth-order valence-electron chi connectivity index (χ4n) is 0.501. The van der Waals surface area contributed by atoms with Gasteiger partial charge in [-0.05, 0) is 0 Å². The van der Waals surface area contributed by atoms with Gasteiger partial charge in [-0.2, -0.15) is 18.4 Å². The highest BCUT2D eigenvalue weighted by Crippen LogP contribution is 2.19. The lowest BCUT2D eigenvalue weighted by Gasteiger charge is -2.13. The molecule has 6 heteroatoms. The summed E-state index contributed by atoms with van der Waals surface area (Å²) in [5.74, 6) is -1.09. The summed E-state index contributed by atoms with van der Waals surface area (Å²) in [4.78, 5) is 11.3. The van der Waals surface area contributed by atoms with Gasteiger partial charge in [0.15, 0.2) is 0 Å². The fourth-order valence-corrected chi connectivity index (χ4v) is 0.501. The van der Waals surface area contributed by atoms with E-state index in [1.54, 1.807) is 6.07 Å². The summed E-state index contributed by atoms with van der Waals surface area (Å²) in [6, 6.07) is 1.57. The van der Waals surface area contributed by atoms with Gasteiger partial charge in [-0.3, -0.25) is 4.79 Å². The Hall–Kier alpha value is -1.25. The summed E-state index contributed by atoms with van der Waals surface area (Å²) in [7, 11) is 1.15. The van der Waals surface area contributed by atoms with Crippen LogP contribution in [0.1, 0.15) is 6.42 Å². The van der Waals surface area contributed by atoms with Crippen LogP contribution in [-0.2, 0) is 4.79 Å². The van der Waals surface area contributed by atoms with Gasteiger partial charge in [-0.15, -0.1) is 0 Å². The third-order valence-corrected chi connectivity index (χ3v) is 1.09. The molecule has 0 saturated carbocycles. The van der Waals surface area contributed by atoms with Crippen LogP contribution in [0.5, 0.6) is 0 Å². The van der Waals surface area contributed by atoms with Crippen molar-refractivity contribution in [1.82, 2.24) is 4.90 Å². The van der Waals surface area contributed by atoms with E-state index in [2.05, 4.69) is 0 Å². The van der Waals surface area contributed by atoms with Crippen molar-refractivity contribution in [3.8, 4) is 6.07 Å². The molecule has 0 N–H and O–H groups in total. The minimum absolute atomic E-state index is 0.324. The minimum Gasteiger partial charge on any atom is -0.332 e. The van der Waals surface area contributed by atoms with Crippen LogP contribution in [0.15, 0.2) is 0 Å². The Balaban J connectivity index is 3.98. The topological polar surface area (TPSA) is 44.1 Å². The second kappa shape index (κ2) is 3.95. The first-order valence-electron chi connectivity index (χ1n) is 3.04. The Labute approximate surface area is 67.4 Å². The Bertz CT molecular complexity index is 206. The third-order valence-electron chi connectivity index (χ3n) is 1.09. The molecule has 0 aromatic heterocycles. The molecule has 0 unspecified atom stereocenters. The monoisotopic (exact) mass is 180 g/mol. The summed E-state index contributed by atoms with van der Waals surface area (Å²) in [6.07, 6.45) is -6.01. The highest BCUT2D eigenvalue weighted by atomic mass is 19.4. The van der Waals surface area contributed by atoms with Gasteiger partial charge in [-0.25, -0.2) is 0 Å². The van der Waals surface area contributed by atoms with Gasteiger partial charge >= 0.3 is 6.18 Å². The highest BCUT2D eigenvalue weighted by Gasteiger charge is 2.32. The van der Waals surface area contributed by atoms with Crippen LogP contribution in [0.4, 0.5) is 13.2 Å². The molecule has 0 aliphatic rings. The highest BCUT2D eigenvalue weighted by molar-refractivity contribution is 5.76. The molecule has 0 saturated heterocycles. The van der Waals surface area contributed by atoms with E-state index in [1.807, 2.05) is 0 Å². The van der Waals surface area contributed by atoms with Crippen molar-refractivity contribution >= 4 is 5.91 Å². The zero-order valence-corrected chi connectivity index (χ0v) is 6.35. The van der Waals surface area contributed by atoms with Crippen molar-refractivity contribution < 1.29 is 18.0 Å². The average molecular weight is 180 g/mol. The van der Waals surface area contributed by atoms with E-state index in [-0.39, 0.29) is 6.54 Å². The molecule has 0 heterocycles. The smallest absolute Gasteiger partial charge is 0.332 e. The molecule has 0 spiro atoms. The zero-order valence-electron chi connectivity index (χ0n) is 6.35. The Morgan fingerprint density at radius 2 is 2.08 bits per heavy atom. The summed E-state index contributed by atoms with van der Waals surface area (Å²) in [5.41, 5.74) is 0. The quantitative estimate of drug-likeness (QED) is 0.593. The molecular weight excluding hydrogens is 173 g/mol. The molecule has 3 nitrogen and oxygen atoms in total. The Kier molecular flexibility index (Phi) is 3.54. The first kappa shape index (κ1) is 10.8. The molecule has 0 radical (unpaired) electrons. The summed E-state index contributed by atoms with van der Waals surface area (Å²) >= 11 is 0. The summed E-state index contributed by atoms with van der Waals surface area (Å²) in [6.45, 7) is -0.324. The lowest BCUT2D eigenvalue weighted by atomic mass is 10.3. The number of amides is 1. The van der Waals surface area contributed by atoms with Crippen LogP contribution in [-0.4, -0.2) is 30.6 Å². The molecule has 0 aliphatic carbocycles. The number of halogens is 3. The SMILES string of the molecule is CN(CC#N)C(=O)CC(F)(F)F. The van der Waals surface area contributed by atoms with Gasteiger partial charge in [0.25, 0.3) is 0 Å². The largest absolute Gasteiger partial charge is 0.397 e. The first-order chi connectivity index (χ1) is 5.37. The Morgan fingerprint density at radius 3 is 2.42 bits per heavy atom. The van der Waals surface area contributed by atoms with Crippen molar-refractivity contribution in [2.75, 3.05) is 13.6 Å². The fraction of sp³-hybridized carbons (Fsp3) is 0.667. The van der Waals surface area contributed by atoms with Crippen molar-refractivity contribution in [3.05, 3.63) is 0 Å². The van der Waals surface area contributed by atoms with Crippen molar-refractivity contribution in [1.29, 1.82) is 5.26 Å².